The van der Waals surface area contributed by atoms with Gasteiger partial charge in [0, 0.05) is 0 Å². The van der Waals surface area contributed by atoms with Crippen molar-refractivity contribution in [2.75, 3.05) is 0 Å². The first-order valence-corrected chi connectivity index (χ1v) is 7.06. The second-order valence-corrected chi connectivity index (χ2v) is 6.20. The van der Waals surface area contributed by atoms with Gasteiger partial charge in [0.25, 0.3) is 0 Å². The number of hydrogen-bond donors (Lipinski definition) is 1. The predicted octanol–water partition coefficient (Wildman–Crippen LogP) is 2.04. The first-order chi connectivity index (χ1) is 7.36. The standard InChI is InChI=1S/C13H11NTe/c14-13(11-7-3-1-4-8-11)15-12-9-5-2-6-10-12/h1-10,14H. The van der Waals surface area contributed by atoms with E-state index in [-0.39, 0.29) is 0 Å². The molecule has 0 amide bonds. The second kappa shape index (κ2) is 5.11. The molecule has 0 saturated carbocycles. The molecule has 0 heterocycles. The van der Waals surface area contributed by atoms with Crippen LogP contribution < -0.4 is 3.61 Å². The summed E-state index contributed by atoms with van der Waals surface area (Å²) >= 11 is -0.519. The third-order valence-corrected chi connectivity index (χ3v) is 4.70. The van der Waals surface area contributed by atoms with Gasteiger partial charge >= 0.3 is 99.9 Å². The van der Waals surface area contributed by atoms with Gasteiger partial charge in [0.15, 0.2) is 0 Å². The molecule has 0 aliphatic heterocycles. The Balaban J connectivity index is 2.12. The fraction of sp³-hybridized carbons (Fsp3) is 0. The van der Waals surface area contributed by atoms with Gasteiger partial charge in [0.2, 0.25) is 0 Å². The van der Waals surface area contributed by atoms with Crippen molar-refractivity contribution in [3.63, 3.8) is 0 Å². The van der Waals surface area contributed by atoms with Crippen molar-refractivity contribution < 1.29 is 0 Å². The summed E-state index contributed by atoms with van der Waals surface area (Å²) in [6, 6.07) is 20.3. The summed E-state index contributed by atoms with van der Waals surface area (Å²) in [5.74, 6) is 0. The zero-order valence-electron chi connectivity index (χ0n) is 8.18. The molecule has 0 bridgehead atoms. The van der Waals surface area contributed by atoms with Crippen molar-refractivity contribution in [2.24, 2.45) is 0 Å². The Hall–Kier alpha value is -1.10. The molecule has 2 aromatic rings. The van der Waals surface area contributed by atoms with Gasteiger partial charge in [-0.3, -0.25) is 0 Å². The van der Waals surface area contributed by atoms with Gasteiger partial charge in [-0.05, 0) is 0 Å². The molecule has 0 atom stereocenters. The fourth-order valence-electron chi connectivity index (χ4n) is 1.25. The SMILES string of the molecule is N=C([Te]c1ccccc1)c1ccccc1. The van der Waals surface area contributed by atoms with Crippen LogP contribution >= 0.6 is 0 Å². The molecular formula is C13H11NTe. The van der Waals surface area contributed by atoms with E-state index in [4.69, 9.17) is 5.41 Å². The summed E-state index contributed by atoms with van der Waals surface area (Å²) < 4.78 is 2.11. The van der Waals surface area contributed by atoms with Gasteiger partial charge in [-0.2, -0.15) is 0 Å². The van der Waals surface area contributed by atoms with Crippen LogP contribution in [0, 0.1) is 5.41 Å². The van der Waals surface area contributed by atoms with Gasteiger partial charge in [0.05, 0.1) is 0 Å². The quantitative estimate of drug-likeness (QED) is 0.663. The van der Waals surface area contributed by atoms with Crippen molar-refractivity contribution in [3.8, 4) is 0 Å². The van der Waals surface area contributed by atoms with Crippen LogP contribution in [0.3, 0.4) is 0 Å². The molecule has 0 aromatic heterocycles. The average molecular weight is 309 g/mol. The molecule has 0 saturated heterocycles. The summed E-state index contributed by atoms with van der Waals surface area (Å²) in [6.07, 6.45) is 0. The molecule has 0 unspecified atom stereocenters. The third kappa shape index (κ3) is 2.92. The van der Waals surface area contributed by atoms with Gasteiger partial charge < -0.3 is 0 Å². The van der Waals surface area contributed by atoms with E-state index in [1.54, 1.807) is 0 Å². The van der Waals surface area contributed by atoms with Crippen molar-refractivity contribution >= 4 is 28.3 Å². The van der Waals surface area contributed by atoms with E-state index in [1.807, 2.05) is 48.5 Å². The molecule has 0 fully saturated rings. The normalized spacial score (nSPS) is 9.87. The van der Waals surface area contributed by atoms with E-state index in [0.717, 1.165) is 9.32 Å². The minimum atomic E-state index is -0.519. The van der Waals surface area contributed by atoms with Crippen LogP contribution in [0.4, 0.5) is 0 Å². The fourth-order valence-corrected chi connectivity index (χ4v) is 3.49. The molecule has 2 rings (SSSR count). The summed E-state index contributed by atoms with van der Waals surface area (Å²) in [4.78, 5) is 0. The molecule has 0 radical (unpaired) electrons. The van der Waals surface area contributed by atoms with Gasteiger partial charge in [-0.1, -0.05) is 0 Å². The van der Waals surface area contributed by atoms with Gasteiger partial charge in [-0.15, -0.1) is 0 Å². The number of nitrogens with one attached hydrogen (secondary N) is 1. The molecule has 15 heavy (non-hydrogen) atoms. The zero-order valence-corrected chi connectivity index (χ0v) is 10.5. The Bertz CT molecular complexity index is 437. The predicted molar refractivity (Wildman–Crippen MR) is 65.1 cm³/mol. The molecule has 2 aromatic carbocycles. The zero-order chi connectivity index (χ0) is 10.5. The average Bonchev–Trinajstić information content (AvgIpc) is 2.31. The molecule has 1 N–H and O–H groups in total. The van der Waals surface area contributed by atoms with Crippen LogP contribution in [0.5, 0.6) is 0 Å². The summed E-state index contributed by atoms with van der Waals surface area (Å²) in [6.45, 7) is 0. The monoisotopic (exact) mass is 311 g/mol. The van der Waals surface area contributed by atoms with Crippen molar-refractivity contribution in [2.45, 2.75) is 0 Å². The maximum atomic E-state index is 8.02. The van der Waals surface area contributed by atoms with Gasteiger partial charge in [0.1, 0.15) is 0 Å². The third-order valence-electron chi connectivity index (χ3n) is 2.00. The molecule has 0 aliphatic carbocycles. The van der Waals surface area contributed by atoms with Crippen LogP contribution in [-0.2, 0) is 0 Å². The first-order valence-electron chi connectivity index (χ1n) is 4.73. The van der Waals surface area contributed by atoms with Crippen LogP contribution in [0.15, 0.2) is 60.7 Å². The molecule has 1 nitrogen and oxygen atoms in total. The van der Waals surface area contributed by atoms with E-state index in [9.17, 15) is 0 Å². The maximum absolute atomic E-state index is 8.02. The summed E-state index contributed by atoms with van der Waals surface area (Å²) in [5, 5.41) is 8.02. The summed E-state index contributed by atoms with van der Waals surface area (Å²) in [5.41, 5.74) is 1.06. The van der Waals surface area contributed by atoms with E-state index < -0.39 is 20.9 Å². The van der Waals surface area contributed by atoms with Crippen molar-refractivity contribution in [1.29, 1.82) is 5.41 Å². The Morgan fingerprint density at radius 3 is 1.93 bits per heavy atom. The molecule has 74 valence electrons. The molecule has 0 aliphatic rings. The topological polar surface area (TPSA) is 23.9 Å². The van der Waals surface area contributed by atoms with Crippen LogP contribution in [-0.4, -0.2) is 24.7 Å². The van der Waals surface area contributed by atoms with E-state index in [1.165, 1.54) is 3.61 Å². The van der Waals surface area contributed by atoms with Gasteiger partial charge in [-0.25, -0.2) is 0 Å². The van der Waals surface area contributed by atoms with Crippen LogP contribution in [0.2, 0.25) is 0 Å². The molecule has 2 heteroatoms. The molecule has 0 spiro atoms. The minimum absolute atomic E-state index is 0.519. The number of hydrogen-bond acceptors (Lipinski definition) is 1. The number of benzene rings is 2. The van der Waals surface area contributed by atoms with Crippen molar-refractivity contribution in [3.05, 3.63) is 66.2 Å². The Labute approximate surface area is 99.7 Å². The molecular weight excluding hydrogens is 298 g/mol. The second-order valence-electron chi connectivity index (χ2n) is 3.11. The summed E-state index contributed by atoms with van der Waals surface area (Å²) in [7, 11) is 0. The van der Waals surface area contributed by atoms with Crippen LogP contribution in [0.1, 0.15) is 5.56 Å². The van der Waals surface area contributed by atoms with E-state index in [2.05, 4.69) is 12.1 Å². The Kier molecular flexibility index (Phi) is 3.55. The number of rotatable bonds is 3. The Morgan fingerprint density at radius 2 is 1.33 bits per heavy atom. The first kappa shape index (κ1) is 10.4. The van der Waals surface area contributed by atoms with Crippen molar-refractivity contribution in [1.82, 2.24) is 0 Å². The Morgan fingerprint density at radius 1 is 0.800 bits per heavy atom. The van der Waals surface area contributed by atoms with E-state index >= 15 is 0 Å². The van der Waals surface area contributed by atoms with Crippen LogP contribution in [0.25, 0.3) is 0 Å². The van der Waals surface area contributed by atoms with E-state index in [0.29, 0.717) is 0 Å².